The maximum Gasteiger partial charge on any atom is 0.145 e. The van der Waals surface area contributed by atoms with E-state index in [-0.39, 0.29) is 11.6 Å². The fourth-order valence-electron chi connectivity index (χ4n) is 1.39. The number of halogens is 3. The minimum absolute atomic E-state index is 0.330. The Morgan fingerprint density at radius 1 is 1.19 bits per heavy atom. The Bertz CT molecular complexity index is 514. The first-order valence-corrected chi connectivity index (χ1v) is 5.79. The molecule has 0 N–H and O–H groups in total. The molecule has 16 heavy (non-hydrogen) atoms. The fourth-order valence-corrected chi connectivity index (χ4v) is 1.82. The lowest BCUT2D eigenvalue weighted by Crippen LogP contribution is -1.91. The van der Waals surface area contributed by atoms with Gasteiger partial charge in [0, 0.05) is 16.5 Å². The van der Waals surface area contributed by atoms with Crippen molar-refractivity contribution in [3.05, 3.63) is 53.7 Å². The maximum atomic E-state index is 13.2. The first-order chi connectivity index (χ1) is 7.70. The molecule has 0 aliphatic rings. The number of alkyl halides is 1. The third-order valence-corrected chi connectivity index (χ3v) is 2.80. The maximum absolute atomic E-state index is 13.2. The molecule has 0 aliphatic heterocycles. The molecule has 0 bridgehead atoms. The zero-order chi connectivity index (χ0) is 11.5. The van der Waals surface area contributed by atoms with Crippen LogP contribution in [0.25, 0.3) is 11.3 Å². The molecular formula is C12H8BrF2N. The van der Waals surface area contributed by atoms with Crippen molar-refractivity contribution in [1.82, 2.24) is 4.98 Å². The van der Waals surface area contributed by atoms with E-state index in [1.807, 2.05) is 0 Å². The number of pyridine rings is 1. The van der Waals surface area contributed by atoms with Gasteiger partial charge in [-0.2, -0.15) is 0 Å². The van der Waals surface area contributed by atoms with E-state index < -0.39 is 0 Å². The minimum Gasteiger partial charge on any atom is -0.253 e. The lowest BCUT2D eigenvalue weighted by molar-refractivity contribution is 0.611. The lowest BCUT2D eigenvalue weighted by atomic mass is 10.1. The van der Waals surface area contributed by atoms with Crippen LogP contribution in [0.15, 0.2) is 36.5 Å². The van der Waals surface area contributed by atoms with Crippen molar-refractivity contribution >= 4 is 15.9 Å². The Labute approximate surface area is 100 Å². The molecule has 1 aromatic heterocycles. The van der Waals surface area contributed by atoms with E-state index in [1.165, 1.54) is 12.1 Å². The predicted molar refractivity (Wildman–Crippen MR) is 62.2 cm³/mol. The van der Waals surface area contributed by atoms with E-state index in [0.717, 1.165) is 6.20 Å². The standard InChI is InChI=1S/C12H8BrF2N/c13-6-9-5-12(16-7-11(9)15)8-2-1-3-10(14)4-8/h1-5,7H,6H2. The van der Waals surface area contributed by atoms with Crippen LogP contribution in [0.2, 0.25) is 0 Å². The van der Waals surface area contributed by atoms with Gasteiger partial charge in [0.15, 0.2) is 0 Å². The molecule has 0 saturated carbocycles. The van der Waals surface area contributed by atoms with Crippen molar-refractivity contribution in [3.63, 3.8) is 0 Å². The molecule has 2 aromatic rings. The van der Waals surface area contributed by atoms with Gasteiger partial charge in [-0.3, -0.25) is 4.98 Å². The summed E-state index contributed by atoms with van der Waals surface area (Å²) in [6.07, 6.45) is 1.15. The SMILES string of the molecule is Fc1cccc(-c2cc(CBr)c(F)cn2)c1. The summed E-state index contributed by atoms with van der Waals surface area (Å²) in [4.78, 5) is 3.94. The first-order valence-electron chi connectivity index (χ1n) is 4.67. The average Bonchev–Trinajstić information content (AvgIpc) is 2.29. The number of aromatic nitrogens is 1. The van der Waals surface area contributed by atoms with Gasteiger partial charge in [0.1, 0.15) is 11.6 Å². The molecule has 1 aromatic carbocycles. The summed E-state index contributed by atoms with van der Waals surface area (Å²) in [6, 6.07) is 7.68. The van der Waals surface area contributed by atoms with E-state index in [4.69, 9.17) is 0 Å². The highest BCUT2D eigenvalue weighted by Gasteiger charge is 2.06. The summed E-state index contributed by atoms with van der Waals surface area (Å²) >= 11 is 3.19. The number of nitrogens with zero attached hydrogens (tertiary/aromatic N) is 1. The van der Waals surface area contributed by atoms with Crippen molar-refractivity contribution in [3.8, 4) is 11.3 Å². The van der Waals surface area contributed by atoms with E-state index in [1.54, 1.807) is 18.2 Å². The van der Waals surface area contributed by atoms with Gasteiger partial charge in [0.25, 0.3) is 0 Å². The van der Waals surface area contributed by atoms with Crippen LogP contribution in [-0.2, 0) is 5.33 Å². The van der Waals surface area contributed by atoms with Gasteiger partial charge >= 0.3 is 0 Å². The second-order valence-electron chi connectivity index (χ2n) is 3.30. The van der Waals surface area contributed by atoms with E-state index >= 15 is 0 Å². The summed E-state index contributed by atoms with van der Waals surface area (Å²) in [5, 5.41) is 0.406. The van der Waals surface area contributed by atoms with Crippen LogP contribution < -0.4 is 0 Å². The van der Waals surface area contributed by atoms with Gasteiger partial charge in [-0.1, -0.05) is 28.1 Å². The van der Waals surface area contributed by atoms with Crippen LogP contribution in [0.1, 0.15) is 5.56 Å². The number of benzene rings is 1. The Kier molecular flexibility index (Phi) is 3.29. The quantitative estimate of drug-likeness (QED) is 0.762. The third-order valence-electron chi connectivity index (χ3n) is 2.20. The van der Waals surface area contributed by atoms with Crippen molar-refractivity contribution in [2.75, 3.05) is 0 Å². The monoisotopic (exact) mass is 283 g/mol. The molecule has 0 fully saturated rings. The molecule has 2 rings (SSSR count). The number of rotatable bonds is 2. The minimum atomic E-state index is -0.364. The molecule has 0 unspecified atom stereocenters. The molecule has 1 nitrogen and oxygen atoms in total. The molecule has 0 spiro atoms. The molecule has 1 heterocycles. The summed E-state index contributed by atoms with van der Waals surface area (Å²) in [5.74, 6) is -0.693. The number of hydrogen-bond donors (Lipinski definition) is 0. The van der Waals surface area contributed by atoms with Gasteiger partial charge in [-0.05, 0) is 18.2 Å². The van der Waals surface area contributed by atoms with Crippen LogP contribution in [0.3, 0.4) is 0 Å². The first kappa shape index (κ1) is 11.2. The summed E-state index contributed by atoms with van der Waals surface area (Å²) in [6.45, 7) is 0. The summed E-state index contributed by atoms with van der Waals surface area (Å²) in [7, 11) is 0. The highest BCUT2D eigenvalue weighted by molar-refractivity contribution is 9.08. The summed E-state index contributed by atoms with van der Waals surface area (Å²) < 4.78 is 26.2. The molecule has 0 amide bonds. The predicted octanol–water partition coefficient (Wildman–Crippen LogP) is 3.92. The van der Waals surface area contributed by atoms with Crippen LogP contribution in [0.5, 0.6) is 0 Å². The van der Waals surface area contributed by atoms with Crippen molar-refractivity contribution in [2.24, 2.45) is 0 Å². The summed E-state index contributed by atoms with van der Waals surface area (Å²) in [5.41, 5.74) is 1.71. The van der Waals surface area contributed by atoms with Gasteiger partial charge in [-0.15, -0.1) is 0 Å². The van der Waals surface area contributed by atoms with Crippen molar-refractivity contribution < 1.29 is 8.78 Å². The van der Waals surface area contributed by atoms with E-state index in [0.29, 0.717) is 22.2 Å². The Balaban J connectivity index is 2.48. The average molecular weight is 284 g/mol. The molecule has 4 heteroatoms. The zero-order valence-corrected chi connectivity index (χ0v) is 9.84. The van der Waals surface area contributed by atoms with Gasteiger partial charge in [0.05, 0.1) is 11.9 Å². The van der Waals surface area contributed by atoms with Crippen LogP contribution in [0.4, 0.5) is 8.78 Å². The molecule has 82 valence electrons. The van der Waals surface area contributed by atoms with Gasteiger partial charge in [-0.25, -0.2) is 8.78 Å². The number of hydrogen-bond acceptors (Lipinski definition) is 1. The van der Waals surface area contributed by atoms with E-state index in [9.17, 15) is 8.78 Å². The normalized spacial score (nSPS) is 10.4. The Morgan fingerprint density at radius 3 is 2.69 bits per heavy atom. The highest BCUT2D eigenvalue weighted by Crippen LogP contribution is 2.21. The second-order valence-corrected chi connectivity index (χ2v) is 3.87. The lowest BCUT2D eigenvalue weighted by Gasteiger charge is -2.04. The highest BCUT2D eigenvalue weighted by atomic mass is 79.9. The van der Waals surface area contributed by atoms with Gasteiger partial charge < -0.3 is 0 Å². The molecule has 0 aliphatic carbocycles. The Hall–Kier alpha value is -1.29. The molecular weight excluding hydrogens is 276 g/mol. The van der Waals surface area contributed by atoms with Crippen LogP contribution in [-0.4, -0.2) is 4.98 Å². The van der Waals surface area contributed by atoms with Crippen LogP contribution >= 0.6 is 15.9 Å². The largest absolute Gasteiger partial charge is 0.253 e. The molecule has 0 radical (unpaired) electrons. The Morgan fingerprint density at radius 2 is 2.00 bits per heavy atom. The fraction of sp³-hybridized carbons (Fsp3) is 0.0833. The molecule has 0 saturated heterocycles. The second kappa shape index (κ2) is 4.70. The van der Waals surface area contributed by atoms with E-state index in [2.05, 4.69) is 20.9 Å². The van der Waals surface area contributed by atoms with Crippen LogP contribution in [0, 0.1) is 11.6 Å². The smallest absolute Gasteiger partial charge is 0.145 e. The molecule has 0 atom stereocenters. The van der Waals surface area contributed by atoms with Crippen molar-refractivity contribution in [2.45, 2.75) is 5.33 Å². The third kappa shape index (κ3) is 2.27. The van der Waals surface area contributed by atoms with Crippen molar-refractivity contribution in [1.29, 1.82) is 0 Å². The van der Waals surface area contributed by atoms with Gasteiger partial charge in [0.2, 0.25) is 0 Å². The topological polar surface area (TPSA) is 12.9 Å². The zero-order valence-electron chi connectivity index (χ0n) is 8.25.